The minimum absolute atomic E-state index is 0.157. The molecule has 0 amide bonds. The highest BCUT2D eigenvalue weighted by atomic mass is 35.5. The lowest BCUT2D eigenvalue weighted by molar-refractivity contribution is 0.588. The summed E-state index contributed by atoms with van der Waals surface area (Å²) in [4.78, 5) is 4.99. The summed E-state index contributed by atoms with van der Waals surface area (Å²) in [6.07, 6.45) is 1.06. The van der Waals surface area contributed by atoms with E-state index in [9.17, 15) is 0 Å². The van der Waals surface area contributed by atoms with E-state index in [-0.39, 0.29) is 5.38 Å². The Morgan fingerprint density at radius 3 is 2.56 bits per heavy atom. The summed E-state index contributed by atoms with van der Waals surface area (Å²) >= 11 is 6.80. The van der Waals surface area contributed by atoms with Crippen LogP contribution in [0.25, 0.3) is 0 Å². The Balaban J connectivity index is 1.56. The second-order valence-electron chi connectivity index (χ2n) is 7.79. The lowest BCUT2D eigenvalue weighted by Crippen LogP contribution is -2.43. The molecule has 144 valence electrons. The van der Waals surface area contributed by atoms with Gasteiger partial charge >= 0.3 is 0 Å². The highest BCUT2D eigenvalue weighted by Gasteiger charge is 2.33. The van der Waals surface area contributed by atoms with Gasteiger partial charge in [-0.2, -0.15) is 0 Å². The summed E-state index contributed by atoms with van der Waals surface area (Å²) in [5.41, 5.74) is 6.90. The Bertz CT molecular complexity index is 785. The number of nitrogens with one attached hydrogen (secondary N) is 1. The van der Waals surface area contributed by atoms with Crippen LogP contribution in [0.4, 0.5) is 11.4 Å². The fourth-order valence-corrected chi connectivity index (χ4v) is 4.92. The quantitative estimate of drug-likeness (QED) is 0.799. The van der Waals surface area contributed by atoms with E-state index in [0.717, 1.165) is 45.7 Å². The fraction of sp³-hybridized carbons (Fsp3) is 0.478. The van der Waals surface area contributed by atoms with Gasteiger partial charge in [-0.05, 0) is 48.2 Å². The number of piperazine rings is 1. The molecule has 4 heteroatoms. The molecule has 0 bridgehead atoms. The number of benzene rings is 2. The highest BCUT2D eigenvalue weighted by Crippen LogP contribution is 2.37. The van der Waals surface area contributed by atoms with Gasteiger partial charge in [-0.1, -0.05) is 31.2 Å². The van der Waals surface area contributed by atoms with Crippen LogP contribution in [0.2, 0.25) is 0 Å². The fourth-order valence-electron chi connectivity index (χ4n) is 4.54. The molecular weight excluding hydrogens is 354 g/mol. The number of alkyl halides is 1. The van der Waals surface area contributed by atoms with Gasteiger partial charge in [0.15, 0.2) is 0 Å². The zero-order valence-corrected chi connectivity index (χ0v) is 17.2. The van der Waals surface area contributed by atoms with E-state index in [4.69, 9.17) is 11.6 Å². The van der Waals surface area contributed by atoms with Gasteiger partial charge < -0.3 is 15.1 Å². The first-order chi connectivity index (χ1) is 13.2. The Morgan fingerprint density at radius 1 is 1.04 bits per heavy atom. The second-order valence-corrected chi connectivity index (χ2v) is 8.35. The van der Waals surface area contributed by atoms with Crippen molar-refractivity contribution >= 4 is 23.0 Å². The molecule has 2 aliphatic heterocycles. The predicted molar refractivity (Wildman–Crippen MR) is 117 cm³/mol. The molecule has 4 rings (SSSR count). The largest absolute Gasteiger partial charge is 0.369 e. The molecule has 27 heavy (non-hydrogen) atoms. The van der Waals surface area contributed by atoms with Crippen LogP contribution in [0.3, 0.4) is 0 Å². The number of nitrogens with zero attached hydrogens (tertiary/aromatic N) is 2. The number of hydrogen-bond donors (Lipinski definition) is 1. The van der Waals surface area contributed by atoms with Gasteiger partial charge in [-0.15, -0.1) is 11.6 Å². The first-order valence-electron chi connectivity index (χ1n) is 10.2. The van der Waals surface area contributed by atoms with E-state index in [0.29, 0.717) is 5.92 Å². The van der Waals surface area contributed by atoms with Crippen molar-refractivity contribution in [1.82, 2.24) is 5.32 Å². The summed E-state index contributed by atoms with van der Waals surface area (Å²) in [6.45, 7) is 10.7. The van der Waals surface area contributed by atoms with Gasteiger partial charge in [0.2, 0.25) is 0 Å². The smallest absolute Gasteiger partial charge is 0.0596 e. The summed E-state index contributed by atoms with van der Waals surface area (Å²) < 4.78 is 0. The Hall–Kier alpha value is -1.71. The van der Waals surface area contributed by atoms with Gasteiger partial charge in [-0.3, -0.25) is 0 Å². The molecule has 0 radical (unpaired) electrons. The molecule has 2 unspecified atom stereocenters. The number of halogens is 1. The number of hydrogen-bond acceptors (Lipinski definition) is 3. The van der Waals surface area contributed by atoms with Crippen molar-refractivity contribution in [2.75, 3.05) is 49.1 Å². The molecule has 0 saturated carbocycles. The summed E-state index contributed by atoms with van der Waals surface area (Å²) in [5, 5.41) is 3.60. The maximum absolute atomic E-state index is 6.80. The van der Waals surface area contributed by atoms with Crippen LogP contribution in [0.15, 0.2) is 42.5 Å². The molecule has 2 saturated heterocycles. The number of aryl methyl sites for hydroxylation is 2. The lowest BCUT2D eigenvalue weighted by atomic mass is 9.94. The Labute approximate surface area is 168 Å². The molecule has 0 aromatic heterocycles. The summed E-state index contributed by atoms with van der Waals surface area (Å²) in [7, 11) is 0. The topological polar surface area (TPSA) is 18.5 Å². The highest BCUT2D eigenvalue weighted by molar-refractivity contribution is 6.21. The third-order valence-corrected chi connectivity index (χ3v) is 6.55. The van der Waals surface area contributed by atoms with Crippen molar-refractivity contribution in [2.45, 2.75) is 31.6 Å². The molecule has 3 nitrogen and oxygen atoms in total. The average Bonchev–Trinajstić information content (AvgIpc) is 3.10. The second kappa shape index (κ2) is 8.12. The van der Waals surface area contributed by atoms with Gasteiger partial charge in [-0.25, -0.2) is 0 Å². The van der Waals surface area contributed by atoms with Crippen LogP contribution in [-0.2, 0) is 6.42 Å². The van der Waals surface area contributed by atoms with Crippen LogP contribution in [0.1, 0.15) is 29.5 Å². The van der Waals surface area contributed by atoms with E-state index in [1.165, 1.54) is 28.1 Å². The normalized spacial score (nSPS) is 23.1. The van der Waals surface area contributed by atoms with Crippen LogP contribution in [0.5, 0.6) is 0 Å². The van der Waals surface area contributed by atoms with E-state index in [2.05, 4.69) is 71.4 Å². The van der Waals surface area contributed by atoms with Crippen LogP contribution >= 0.6 is 11.6 Å². The van der Waals surface area contributed by atoms with Crippen LogP contribution in [0, 0.1) is 6.92 Å². The maximum atomic E-state index is 6.80. The van der Waals surface area contributed by atoms with Crippen molar-refractivity contribution in [2.24, 2.45) is 0 Å². The number of rotatable bonds is 4. The molecule has 1 N–H and O–H groups in total. The van der Waals surface area contributed by atoms with Gasteiger partial charge in [0, 0.05) is 56.6 Å². The Morgan fingerprint density at radius 2 is 1.81 bits per heavy atom. The SMILES string of the molecule is CCc1cc(N2CC(Cl)C(c3ccccc3C)C2)ccc1N1CCNCC1. The molecule has 2 aromatic carbocycles. The minimum Gasteiger partial charge on any atom is -0.369 e. The molecular formula is C23H30ClN3. The first kappa shape index (κ1) is 18.6. The van der Waals surface area contributed by atoms with Gasteiger partial charge in [0.1, 0.15) is 0 Å². The molecule has 2 aliphatic rings. The van der Waals surface area contributed by atoms with Crippen molar-refractivity contribution in [1.29, 1.82) is 0 Å². The van der Waals surface area contributed by atoms with E-state index in [1.54, 1.807) is 0 Å². The minimum atomic E-state index is 0.157. The molecule has 2 heterocycles. The van der Waals surface area contributed by atoms with Gasteiger partial charge in [0.05, 0.1) is 5.38 Å². The van der Waals surface area contributed by atoms with Crippen LogP contribution < -0.4 is 15.1 Å². The maximum Gasteiger partial charge on any atom is 0.0596 e. The van der Waals surface area contributed by atoms with E-state index >= 15 is 0 Å². The standard InChI is InChI=1S/C23H30ClN3/c1-3-18-14-19(8-9-23(18)26-12-10-25-11-13-26)27-15-21(22(24)16-27)20-7-5-4-6-17(20)2/h4-9,14,21-22,25H,3,10-13,15-16H2,1-2H3. The summed E-state index contributed by atoms with van der Waals surface area (Å²) in [6, 6.07) is 15.7. The zero-order chi connectivity index (χ0) is 18.8. The molecule has 2 fully saturated rings. The monoisotopic (exact) mass is 383 g/mol. The van der Waals surface area contributed by atoms with Gasteiger partial charge in [0.25, 0.3) is 0 Å². The lowest BCUT2D eigenvalue weighted by Gasteiger charge is -2.32. The molecule has 2 atom stereocenters. The van der Waals surface area contributed by atoms with E-state index in [1.807, 2.05) is 0 Å². The van der Waals surface area contributed by atoms with Crippen molar-refractivity contribution in [3.8, 4) is 0 Å². The molecule has 2 aromatic rings. The predicted octanol–water partition coefficient (Wildman–Crippen LogP) is 4.18. The third-order valence-electron chi connectivity index (χ3n) is 6.10. The van der Waals surface area contributed by atoms with Crippen LogP contribution in [-0.4, -0.2) is 44.6 Å². The molecule has 0 spiro atoms. The van der Waals surface area contributed by atoms with Crippen molar-refractivity contribution in [3.05, 3.63) is 59.2 Å². The molecule has 0 aliphatic carbocycles. The average molecular weight is 384 g/mol. The van der Waals surface area contributed by atoms with Crippen molar-refractivity contribution in [3.63, 3.8) is 0 Å². The number of anilines is 2. The first-order valence-corrected chi connectivity index (χ1v) is 10.6. The van der Waals surface area contributed by atoms with Crippen molar-refractivity contribution < 1.29 is 0 Å². The Kier molecular flexibility index (Phi) is 5.60. The third kappa shape index (κ3) is 3.81. The van der Waals surface area contributed by atoms with E-state index < -0.39 is 0 Å². The zero-order valence-electron chi connectivity index (χ0n) is 16.4. The summed E-state index contributed by atoms with van der Waals surface area (Å²) in [5.74, 6) is 0.394.